The van der Waals surface area contributed by atoms with E-state index in [9.17, 15) is 0 Å². The smallest absolute Gasteiger partial charge is 0.123 e. The van der Waals surface area contributed by atoms with Crippen LogP contribution in [0.2, 0.25) is 0 Å². The summed E-state index contributed by atoms with van der Waals surface area (Å²) in [5.74, 6) is 1.02. The van der Waals surface area contributed by atoms with Gasteiger partial charge in [-0.25, -0.2) is 0 Å². The van der Waals surface area contributed by atoms with Crippen LogP contribution in [0.25, 0.3) is 0 Å². The Hall–Kier alpha value is -1.02. The highest BCUT2D eigenvalue weighted by Gasteiger charge is 2.09. The molecule has 2 atom stereocenters. The number of aryl methyl sites for hydroxylation is 2. The van der Waals surface area contributed by atoms with Crippen LogP contribution in [0.3, 0.4) is 0 Å². The van der Waals surface area contributed by atoms with Crippen molar-refractivity contribution in [2.75, 3.05) is 6.54 Å². The molecule has 1 N–H and O–H groups in total. The minimum atomic E-state index is 0.193. The van der Waals surface area contributed by atoms with Gasteiger partial charge in [0.1, 0.15) is 11.9 Å². The maximum atomic E-state index is 6.04. The van der Waals surface area contributed by atoms with Crippen LogP contribution in [0.5, 0.6) is 5.75 Å². The van der Waals surface area contributed by atoms with E-state index < -0.39 is 0 Å². The van der Waals surface area contributed by atoms with Gasteiger partial charge >= 0.3 is 0 Å². The number of ether oxygens (including phenoxy) is 1. The van der Waals surface area contributed by atoms with Gasteiger partial charge in [-0.3, -0.25) is 0 Å². The molecule has 2 nitrogen and oxygen atoms in total. The highest BCUT2D eigenvalue weighted by Crippen LogP contribution is 2.24. The van der Waals surface area contributed by atoms with Crippen LogP contribution in [0.15, 0.2) is 12.1 Å². The Balaban J connectivity index is 2.61. The fraction of sp³-hybridized carbons (Fsp3) is 0.625. The first kappa shape index (κ1) is 15.0. The van der Waals surface area contributed by atoms with Gasteiger partial charge < -0.3 is 10.1 Å². The summed E-state index contributed by atoms with van der Waals surface area (Å²) < 4.78 is 6.04. The second kappa shape index (κ2) is 6.79. The van der Waals surface area contributed by atoms with E-state index in [0.29, 0.717) is 6.04 Å². The third kappa shape index (κ3) is 4.34. The van der Waals surface area contributed by atoms with E-state index in [1.807, 2.05) is 0 Å². The maximum Gasteiger partial charge on any atom is 0.123 e. The Bertz CT molecular complexity index is 387. The van der Waals surface area contributed by atoms with Gasteiger partial charge in [-0.15, -0.1) is 0 Å². The molecule has 0 amide bonds. The van der Waals surface area contributed by atoms with Crippen molar-refractivity contribution in [1.82, 2.24) is 5.32 Å². The van der Waals surface area contributed by atoms with E-state index in [1.54, 1.807) is 0 Å². The third-order valence-electron chi connectivity index (χ3n) is 3.46. The summed E-state index contributed by atoms with van der Waals surface area (Å²) in [6.45, 7) is 13.8. The summed E-state index contributed by atoms with van der Waals surface area (Å²) in [5.41, 5.74) is 3.80. The molecule has 0 aromatic heterocycles. The van der Waals surface area contributed by atoms with Gasteiger partial charge in [-0.2, -0.15) is 0 Å². The predicted octanol–water partition coefficient (Wildman–Crippen LogP) is 3.77. The summed E-state index contributed by atoms with van der Waals surface area (Å²) in [6, 6.07) is 4.88. The molecule has 2 unspecified atom stereocenters. The molecule has 0 saturated heterocycles. The lowest BCUT2D eigenvalue weighted by Gasteiger charge is -2.20. The van der Waals surface area contributed by atoms with Crippen molar-refractivity contribution in [3.63, 3.8) is 0 Å². The van der Waals surface area contributed by atoms with E-state index in [0.717, 1.165) is 18.7 Å². The molecule has 0 bridgehead atoms. The number of nitrogens with one attached hydrogen (secondary N) is 1. The minimum Gasteiger partial charge on any atom is -0.489 e. The van der Waals surface area contributed by atoms with E-state index in [2.05, 4.69) is 59.0 Å². The molecule has 18 heavy (non-hydrogen) atoms. The highest BCUT2D eigenvalue weighted by molar-refractivity contribution is 5.42. The maximum absolute atomic E-state index is 6.04. The molecule has 1 aromatic carbocycles. The SMILES string of the molecule is CCC(C)NCC(C)Oc1cc(C)cc(C)c1C. The average Bonchev–Trinajstić information content (AvgIpc) is 2.32. The van der Waals surface area contributed by atoms with Crippen molar-refractivity contribution in [2.24, 2.45) is 0 Å². The molecule has 102 valence electrons. The topological polar surface area (TPSA) is 21.3 Å². The zero-order valence-corrected chi connectivity index (χ0v) is 12.6. The highest BCUT2D eigenvalue weighted by atomic mass is 16.5. The molecule has 0 aliphatic heterocycles. The Morgan fingerprint density at radius 1 is 1.17 bits per heavy atom. The standard InChI is InChI=1S/C16H27NO/c1-7-13(4)17-10-14(5)18-16-9-11(2)8-12(3)15(16)6/h8-9,13-14,17H,7,10H2,1-6H3. The molecule has 0 aliphatic rings. The lowest BCUT2D eigenvalue weighted by molar-refractivity contribution is 0.210. The normalized spacial score (nSPS) is 14.3. The van der Waals surface area contributed by atoms with Crippen LogP contribution >= 0.6 is 0 Å². The lowest BCUT2D eigenvalue weighted by Crippen LogP contribution is -2.34. The summed E-state index contributed by atoms with van der Waals surface area (Å²) >= 11 is 0. The van der Waals surface area contributed by atoms with Crippen LogP contribution in [0, 0.1) is 20.8 Å². The van der Waals surface area contributed by atoms with Crippen LogP contribution in [0.1, 0.15) is 43.9 Å². The Kier molecular flexibility index (Phi) is 5.67. The number of hydrogen-bond donors (Lipinski definition) is 1. The van der Waals surface area contributed by atoms with E-state index in [4.69, 9.17) is 4.74 Å². The summed E-state index contributed by atoms with van der Waals surface area (Å²) in [5, 5.41) is 3.48. The Labute approximate surface area is 112 Å². The molecule has 0 saturated carbocycles. The van der Waals surface area contributed by atoms with Crippen molar-refractivity contribution < 1.29 is 4.74 Å². The van der Waals surface area contributed by atoms with Crippen LogP contribution in [-0.2, 0) is 0 Å². The summed E-state index contributed by atoms with van der Waals surface area (Å²) in [7, 11) is 0. The largest absolute Gasteiger partial charge is 0.489 e. The second-order valence-electron chi connectivity index (χ2n) is 5.35. The molecule has 0 spiro atoms. The molecule has 1 rings (SSSR count). The van der Waals surface area contributed by atoms with Gasteiger partial charge in [-0.1, -0.05) is 13.0 Å². The first-order chi connectivity index (χ1) is 8.43. The van der Waals surface area contributed by atoms with E-state index >= 15 is 0 Å². The second-order valence-corrected chi connectivity index (χ2v) is 5.35. The minimum absolute atomic E-state index is 0.193. The van der Waals surface area contributed by atoms with Crippen LogP contribution in [0.4, 0.5) is 0 Å². The molecule has 0 heterocycles. The Morgan fingerprint density at radius 2 is 1.83 bits per heavy atom. The van der Waals surface area contributed by atoms with Gasteiger partial charge in [0.2, 0.25) is 0 Å². The van der Waals surface area contributed by atoms with E-state index in [1.165, 1.54) is 16.7 Å². The van der Waals surface area contributed by atoms with Gasteiger partial charge in [0.05, 0.1) is 0 Å². The monoisotopic (exact) mass is 249 g/mol. The van der Waals surface area contributed by atoms with Gasteiger partial charge in [0, 0.05) is 12.6 Å². The lowest BCUT2D eigenvalue weighted by atomic mass is 10.1. The van der Waals surface area contributed by atoms with Crippen LogP contribution in [-0.4, -0.2) is 18.7 Å². The molecule has 0 fully saturated rings. The zero-order valence-electron chi connectivity index (χ0n) is 12.6. The number of benzene rings is 1. The quantitative estimate of drug-likeness (QED) is 0.828. The fourth-order valence-corrected chi connectivity index (χ4v) is 1.89. The van der Waals surface area contributed by atoms with Crippen molar-refractivity contribution in [1.29, 1.82) is 0 Å². The number of hydrogen-bond acceptors (Lipinski definition) is 2. The molecule has 2 heteroatoms. The van der Waals surface area contributed by atoms with Crippen molar-refractivity contribution >= 4 is 0 Å². The Morgan fingerprint density at radius 3 is 2.44 bits per heavy atom. The van der Waals surface area contributed by atoms with Gasteiger partial charge in [0.15, 0.2) is 0 Å². The van der Waals surface area contributed by atoms with Gasteiger partial charge in [0.25, 0.3) is 0 Å². The summed E-state index contributed by atoms with van der Waals surface area (Å²) in [6.07, 6.45) is 1.34. The number of rotatable bonds is 6. The van der Waals surface area contributed by atoms with Crippen molar-refractivity contribution in [3.8, 4) is 5.75 Å². The molecular weight excluding hydrogens is 222 g/mol. The predicted molar refractivity (Wildman–Crippen MR) is 78.5 cm³/mol. The van der Waals surface area contributed by atoms with Crippen LogP contribution < -0.4 is 10.1 Å². The van der Waals surface area contributed by atoms with Gasteiger partial charge in [-0.05, 0) is 63.8 Å². The first-order valence-electron chi connectivity index (χ1n) is 6.92. The molecule has 0 aliphatic carbocycles. The van der Waals surface area contributed by atoms with Crippen molar-refractivity contribution in [3.05, 3.63) is 28.8 Å². The zero-order chi connectivity index (χ0) is 13.7. The van der Waals surface area contributed by atoms with E-state index in [-0.39, 0.29) is 6.10 Å². The molecule has 0 radical (unpaired) electrons. The third-order valence-corrected chi connectivity index (χ3v) is 3.46. The summed E-state index contributed by atoms with van der Waals surface area (Å²) in [4.78, 5) is 0. The van der Waals surface area contributed by atoms with Crippen molar-refractivity contribution in [2.45, 2.75) is 60.1 Å². The first-order valence-corrected chi connectivity index (χ1v) is 6.92. The molecular formula is C16H27NO. The molecule has 1 aromatic rings. The average molecular weight is 249 g/mol. The fourth-order valence-electron chi connectivity index (χ4n) is 1.89.